The van der Waals surface area contributed by atoms with Crippen LogP contribution in [0.25, 0.3) is 0 Å². The van der Waals surface area contributed by atoms with Crippen molar-refractivity contribution in [2.24, 2.45) is 0 Å². The first-order chi connectivity index (χ1) is 6.35. The summed E-state index contributed by atoms with van der Waals surface area (Å²) in [7, 11) is 0. The molecule has 13 heavy (non-hydrogen) atoms. The first-order valence-corrected chi connectivity index (χ1v) is 5.72. The predicted octanol–water partition coefficient (Wildman–Crippen LogP) is 3.86. The van der Waals surface area contributed by atoms with Gasteiger partial charge < -0.3 is 5.32 Å². The van der Waals surface area contributed by atoms with Crippen LogP contribution >= 0.6 is 0 Å². The monoisotopic (exact) mass is 183 g/mol. The molecule has 0 saturated carbocycles. The molecule has 1 unspecified atom stereocenters. The highest BCUT2D eigenvalue weighted by Crippen LogP contribution is 2.09. The molecule has 1 atom stereocenters. The molecule has 0 rings (SSSR count). The Balaban J connectivity index is 3.47. The Morgan fingerprint density at radius 2 is 1.69 bits per heavy atom. The van der Waals surface area contributed by atoms with Crippen molar-refractivity contribution < 1.29 is 0 Å². The van der Waals surface area contributed by atoms with Crippen molar-refractivity contribution in [3.8, 4) is 0 Å². The fourth-order valence-corrected chi connectivity index (χ4v) is 1.57. The van der Waals surface area contributed by atoms with Gasteiger partial charge in [-0.2, -0.15) is 0 Å². The quantitative estimate of drug-likeness (QED) is 0.535. The first-order valence-electron chi connectivity index (χ1n) is 5.72. The van der Waals surface area contributed by atoms with E-state index >= 15 is 0 Å². The van der Waals surface area contributed by atoms with Crippen LogP contribution in [0.5, 0.6) is 0 Å². The van der Waals surface area contributed by atoms with Crippen molar-refractivity contribution in [3.63, 3.8) is 0 Å². The molecule has 1 N–H and O–H groups in total. The van der Waals surface area contributed by atoms with Gasteiger partial charge in [0.25, 0.3) is 0 Å². The molecule has 0 spiro atoms. The van der Waals surface area contributed by atoms with Crippen LogP contribution in [-0.4, -0.2) is 6.04 Å². The zero-order valence-electron chi connectivity index (χ0n) is 9.31. The summed E-state index contributed by atoms with van der Waals surface area (Å²) >= 11 is 0. The van der Waals surface area contributed by atoms with Crippen LogP contribution in [0, 0.1) is 0 Å². The molecule has 0 fully saturated rings. The zero-order valence-corrected chi connectivity index (χ0v) is 9.31. The van der Waals surface area contributed by atoms with E-state index in [2.05, 4.69) is 25.7 Å². The van der Waals surface area contributed by atoms with E-state index in [1.807, 2.05) is 6.20 Å². The molecule has 0 aliphatic rings. The van der Waals surface area contributed by atoms with Crippen LogP contribution in [0.2, 0.25) is 0 Å². The van der Waals surface area contributed by atoms with Crippen molar-refractivity contribution >= 4 is 0 Å². The molecular formula is C12H25N. The number of hydrogen-bond donors (Lipinski definition) is 1. The third-order valence-corrected chi connectivity index (χ3v) is 2.42. The van der Waals surface area contributed by atoms with Gasteiger partial charge in [-0.3, -0.25) is 0 Å². The van der Waals surface area contributed by atoms with Crippen molar-refractivity contribution in [2.45, 2.75) is 64.8 Å². The lowest BCUT2D eigenvalue weighted by Gasteiger charge is -2.16. The standard InChI is InChI=1S/C12H25N/c1-4-7-9-11-12(13-6-3)10-8-5-2/h6,12-13H,3-5,7-11H2,1-2H3. The van der Waals surface area contributed by atoms with Gasteiger partial charge in [-0.15, -0.1) is 0 Å². The minimum atomic E-state index is 0.670. The van der Waals surface area contributed by atoms with Crippen LogP contribution in [0.1, 0.15) is 58.8 Å². The van der Waals surface area contributed by atoms with Crippen LogP contribution in [-0.2, 0) is 0 Å². The molecule has 0 radical (unpaired) electrons. The number of hydrogen-bond acceptors (Lipinski definition) is 1. The highest BCUT2D eigenvalue weighted by atomic mass is 14.9. The summed E-state index contributed by atoms with van der Waals surface area (Å²) in [5.41, 5.74) is 0. The van der Waals surface area contributed by atoms with Crippen LogP contribution in [0.4, 0.5) is 0 Å². The van der Waals surface area contributed by atoms with Gasteiger partial charge in [0.15, 0.2) is 0 Å². The fourth-order valence-electron chi connectivity index (χ4n) is 1.57. The average Bonchev–Trinajstić information content (AvgIpc) is 2.14. The van der Waals surface area contributed by atoms with Crippen LogP contribution in [0.3, 0.4) is 0 Å². The second-order valence-corrected chi connectivity index (χ2v) is 3.71. The maximum atomic E-state index is 3.73. The van der Waals surface area contributed by atoms with E-state index in [1.165, 1.54) is 44.9 Å². The molecule has 0 aromatic carbocycles. The molecule has 0 bridgehead atoms. The van der Waals surface area contributed by atoms with Gasteiger partial charge in [0.1, 0.15) is 0 Å². The average molecular weight is 183 g/mol. The summed E-state index contributed by atoms with van der Waals surface area (Å²) in [6.45, 7) is 8.22. The van der Waals surface area contributed by atoms with E-state index in [-0.39, 0.29) is 0 Å². The van der Waals surface area contributed by atoms with E-state index < -0.39 is 0 Å². The Bertz CT molecular complexity index is 110. The zero-order chi connectivity index (χ0) is 9.94. The minimum Gasteiger partial charge on any atom is -0.389 e. The van der Waals surface area contributed by atoms with Gasteiger partial charge in [-0.25, -0.2) is 0 Å². The molecule has 0 aromatic rings. The van der Waals surface area contributed by atoms with Gasteiger partial charge in [0.2, 0.25) is 0 Å². The van der Waals surface area contributed by atoms with Gasteiger partial charge >= 0.3 is 0 Å². The van der Waals surface area contributed by atoms with Crippen molar-refractivity contribution in [3.05, 3.63) is 12.8 Å². The Morgan fingerprint density at radius 1 is 1.08 bits per heavy atom. The number of rotatable bonds is 9. The van der Waals surface area contributed by atoms with Crippen LogP contribution < -0.4 is 5.32 Å². The first kappa shape index (κ1) is 12.5. The maximum absolute atomic E-state index is 3.73. The Morgan fingerprint density at radius 3 is 2.23 bits per heavy atom. The van der Waals surface area contributed by atoms with Gasteiger partial charge in [0, 0.05) is 6.04 Å². The summed E-state index contributed by atoms with van der Waals surface area (Å²) in [6.07, 6.45) is 11.1. The van der Waals surface area contributed by atoms with E-state index in [4.69, 9.17) is 0 Å². The lowest BCUT2D eigenvalue weighted by atomic mass is 10.0. The summed E-state index contributed by atoms with van der Waals surface area (Å²) in [4.78, 5) is 0. The van der Waals surface area contributed by atoms with Gasteiger partial charge in [0.05, 0.1) is 0 Å². The highest BCUT2D eigenvalue weighted by Gasteiger charge is 2.04. The molecule has 1 nitrogen and oxygen atoms in total. The van der Waals surface area contributed by atoms with E-state index in [0.717, 1.165) is 0 Å². The molecule has 0 aliphatic heterocycles. The van der Waals surface area contributed by atoms with E-state index in [1.54, 1.807) is 0 Å². The topological polar surface area (TPSA) is 12.0 Å². The third-order valence-electron chi connectivity index (χ3n) is 2.42. The summed E-state index contributed by atoms with van der Waals surface area (Å²) < 4.78 is 0. The van der Waals surface area contributed by atoms with Crippen molar-refractivity contribution in [1.29, 1.82) is 0 Å². The molecule has 0 heterocycles. The molecule has 0 aliphatic carbocycles. The number of nitrogens with one attached hydrogen (secondary N) is 1. The Kier molecular flexibility index (Phi) is 9.29. The maximum Gasteiger partial charge on any atom is 0.0255 e. The molecule has 0 aromatic heterocycles. The fraction of sp³-hybridized carbons (Fsp3) is 0.833. The van der Waals surface area contributed by atoms with Crippen molar-refractivity contribution in [2.75, 3.05) is 0 Å². The Hall–Kier alpha value is -0.460. The summed E-state index contributed by atoms with van der Waals surface area (Å²) in [5, 5.41) is 3.34. The smallest absolute Gasteiger partial charge is 0.0255 e. The molecule has 78 valence electrons. The molecule has 0 amide bonds. The minimum absolute atomic E-state index is 0.670. The second-order valence-electron chi connectivity index (χ2n) is 3.71. The molecular weight excluding hydrogens is 158 g/mol. The Labute approximate surface area is 83.6 Å². The molecule has 1 heteroatoms. The predicted molar refractivity (Wildman–Crippen MR) is 60.8 cm³/mol. The SMILES string of the molecule is C=CNC(CCCC)CCCCC. The normalized spacial score (nSPS) is 12.5. The second kappa shape index (κ2) is 9.63. The van der Waals surface area contributed by atoms with Gasteiger partial charge in [-0.05, 0) is 19.0 Å². The third kappa shape index (κ3) is 7.89. The van der Waals surface area contributed by atoms with E-state index in [9.17, 15) is 0 Å². The van der Waals surface area contributed by atoms with Crippen LogP contribution in [0.15, 0.2) is 12.8 Å². The molecule has 0 saturated heterocycles. The lowest BCUT2D eigenvalue weighted by Crippen LogP contribution is -2.23. The lowest BCUT2D eigenvalue weighted by molar-refractivity contribution is 0.464. The van der Waals surface area contributed by atoms with Crippen molar-refractivity contribution in [1.82, 2.24) is 5.32 Å². The summed E-state index contributed by atoms with van der Waals surface area (Å²) in [5.74, 6) is 0. The largest absolute Gasteiger partial charge is 0.389 e. The highest BCUT2D eigenvalue weighted by molar-refractivity contribution is 4.74. The van der Waals surface area contributed by atoms with E-state index in [0.29, 0.717) is 6.04 Å². The summed E-state index contributed by atoms with van der Waals surface area (Å²) in [6, 6.07) is 0.670. The number of unbranched alkanes of at least 4 members (excludes halogenated alkanes) is 3. The van der Waals surface area contributed by atoms with Gasteiger partial charge in [-0.1, -0.05) is 52.5 Å².